The molecule has 1 rings (SSSR count). The summed E-state index contributed by atoms with van der Waals surface area (Å²) in [5.41, 5.74) is 0. The van der Waals surface area contributed by atoms with Crippen molar-refractivity contribution in [1.82, 2.24) is 4.98 Å². The molecule has 78 valence electrons. The van der Waals surface area contributed by atoms with Crippen LogP contribution in [0.2, 0.25) is 0 Å². The van der Waals surface area contributed by atoms with E-state index in [0.717, 1.165) is 6.20 Å². The quantitative estimate of drug-likeness (QED) is 0.782. The van der Waals surface area contributed by atoms with E-state index in [2.05, 4.69) is 4.98 Å². The number of aromatic carboxylic acids is 1. The molecule has 0 radical (unpaired) electrons. The molecule has 6 nitrogen and oxygen atoms in total. The van der Waals surface area contributed by atoms with Crippen LogP contribution >= 0.6 is 0 Å². The normalized spacial score (nSPS) is 11.5. The Hall–Kier alpha value is -1.37. The van der Waals surface area contributed by atoms with Crippen molar-refractivity contribution >= 4 is 15.8 Å². The first kappa shape index (κ1) is 10.7. The number of carbonyl (C=O) groups is 1. The van der Waals surface area contributed by atoms with Crippen molar-refractivity contribution in [3.8, 4) is 0 Å². The molecule has 0 aromatic carbocycles. The summed E-state index contributed by atoms with van der Waals surface area (Å²) < 4.78 is 26.9. The summed E-state index contributed by atoms with van der Waals surface area (Å²) in [5, 5.41) is 8.47. The number of sulfone groups is 1. The molecule has 0 aliphatic heterocycles. The summed E-state index contributed by atoms with van der Waals surface area (Å²) >= 11 is 0. The van der Waals surface area contributed by atoms with Gasteiger partial charge in [0, 0.05) is 5.75 Å². The van der Waals surface area contributed by atoms with E-state index in [1.807, 2.05) is 0 Å². The van der Waals surface area contributed by atoms with E-state index in [9.17, 15) is 13.2 Å². The number of aromatic nitrogens is 1. The Labute approximate surface area is 80.5 Å². The highest BCUT2D eigenvalue weighted by atomic mass is 32.2. The molecule has 0 bridgehead atoms. The van der Waals surface area contributed by atoms with Gasteiger partial charge >= 0.3 is 5.97 Å². The molecule has 1 aromatic heterocycles. The third kappa shape index (κ3) is 2.56. The first-order valence-electron chi connectivity index (χ1n) is 3.83. The highest BCUT2D eigenvalue weighted by Gasteiger charge is 2.16. The Bertz CT molecular complexity index is 433. The molecule has 0 fully saturated rings. The number of hydrogen-bond donors (Lipinski definition) is 1. The molecule has 0 saturated carbocycles. The smallest absolute Gasteiger partial charge is 0.373 e. The molecule has 0 aliphatic rings. The summed E-state index contributed by atoms with van der Waals surface area (Å²) in [7, 11) is -3.23. The maximum Gasteiger partial charge on any atom is 0.373 e. The van der Waals surface area contributed by atoms with Crippen LogP contribution in [0.1, 0.15) is 23.4 Å². The summed E-state index contributed by atoms with van der Waals surface area (Å²) in [6.07, 6.45) is 0.989. The zero-order valence-electron chi connectivity index (χ0n) is 7.43. The van der Waals surface area contributed by atoms with E-state index in [0.29, 0.717) is 0 Å². The van der Waals surface area contributed by atoms with Crippen molar-refractivity contribution in [3.63, 3.8) is 0 Å². The molecule has 0 amide bonds. The summed E-state index contributed by atoms with van der Waals surface area (Å²) in [6.45, 7) is 1.50. The Morgan fingerprint density at radius 3 is 2.71 bits per heavy atom. The van der Waals surface area contributed by atoms with E-state index < -0.39 is 15.8 Å². The number of carboxylic acid groups (broad SMARTS) is 1. The molecule has 0 spiro atoms. The molecule has 0 saturated heterocycles. The molecule has 14 heavy (non-hydrogen) atoms. The number of hydrogen-bond acceptors (Lipinski definition) is 5. The van der Waals surface area contributed by atoms with Gasteiger partial charge in [0.1, 0.15) is 5.75 Å². The van der Waals surface area contributed by atoms with Crippen LogP contribution in [0.5, 0.6) is 0 Å². The maximum atomic E-state index is 11.1. The van der Waals surface area contributed by atoms with Crippen LogP contribution in [0.3, 0.4) is 0 Å². The van der Waals surface area contributed by atoms with Gasteiger partial charge in [-0.3, -0.25) is 0 Å². The second-order valence-electron chi connectivity index (χ2n) is 2.60. The lowest BCUT2D eigenvalue weighted by molar-refractivity contribution is 0.0660. The highest BCUT2D eigenvalue weighted by Crippen LogP contribution is 2.07. The fourth-order valence-corrected chi connectivity index (χ4v) is 1.48. The van der Waals surface area contributed by atoms with Crippen molar-refractivity contribution in [2.75, 3.05) is 5.75 Å². The second-order valence-corrected chi connectivity index (χ2v) is 4.95. The Morgan fingerprint density at radius 1 is 1.64 bits per heavy atom. The van der Waals surface area contributed by atoms with Gasteiger partial charge in [0.05, 0.1) is 6.20 Å². The minimum absolute atomic E-state index is 0.0300. The van der Waals surface area contributed by atoms with Gasteiger partial charge < -0.3 is 9.52 Å². The van der Waals surface area contributed by atoms with Gasteiger partial charge in [-0.05, 0) is 0 Å². The fourth-order valence-electron chi connectivity index (χ4n) is 0.766. The standard InChI is InChI=1S/C7H9NO5S/c1-2-14(11,12)4-6-8-3-5(13-6)7(9)10/h3H,2,4H2,1H3,(H,9,10). The lowest BCUT2D eigenvalue weighted by atomic mass is 10.5. The second kappa shape index (κ2) is 3.79. The Balaban J connectivity index is 2.84. The largest absolute Gasteiger partial charge is 0.475 e. The molecule has 0 unspecified atom stereocenters. The molecule has 0 aliphatic carbocycles. The number of nitrogens with zero attached hydrogens (tertiary/aromatic N) is 1. The molecular weight excluding hydrogens is 210 g/mol. The van der Waals surface area contributed by atoms with Crippen LogP contribution in [0.25, 0.3) is 0 Å². The number of rotatable bonds is 4. The zero-order chi connectivity index (χ0) is 10.8. The van der Waals surface area contributed by atoms with E-state index in [1.165, 1.54) is 6.92 Å². The predicted octanol–water partition coefficient (Wildman–Crippen LogP) is 0.308. The van der Waals surface area contributed by atoms with Gasteiger partial charge in [-0.15, -0.1) is 0 Å². The SMILES string of the molecule is CCS(=O)(=O)Cc1ncc(C(=O)O)o1. The van der Waals surface area contributed by atoms with Gasteiger partial charge in [0.2, 0.25) is 11.7 Å². The van der Waals surface area contributed by atoms with Gasteiger partial charge in [-0.2, -0.15) is 0 Å². The summed E-state index contributed by atoms with van der Waals surface area (Å²) in [4.78, 5) is 13.9. The van der Waals surface area contributed by atoms with Crippen molar-refractivity contribution in [1.29, 1.82) is 0 Å². The van der Waals surface area contributed by atoms with Crippen molar-refractivity contribution in [3.05, 3.63) is 17.8 Å². The molecule has 1 heterocycles. The average molecular weight is 219 g/mol. The maximum absolute atomic E-state index is 11.1. The van der Waals surface area contributed by atoms with E-state index in [4.69, 9.17) is 9.52 Å². The molecule has 0 atom stereocenters. The van der Waals surface area contributed by atoms with Gasteiger partial charge in [-0.25, -0.2) is 18.2 Å². The van der Waals surface area contributed by atoms with Crippen LogP contribution in [0.15, 0.2) is 10.6 Å². The molecular formula is C7H9NO5S. The van der Waals surface area contributed by atoms with Gasteiger partial charge in [-0.1, -0.05) is 6.92 Å². The number of carboxylic acids is 1. The van der Waals surface area contributed by atoms with Gasteiger partial charge in [0.25, 0.3) is 0 Å². The van der Waals surface area contributed by atoms with Crippen LogP contribution in [-0.2, 0) is 15.6 Å². The zero-order valence-corrected chi connectivity index (χ0v) is 8.24. The average Bonchev–Trinajstić information content (AvgIpc) is 2.52. The molecule has 1 N–H and O–H groups in total. The molecule has 7 heteroatoms. The van der Waals surface area contributed by atoms with E-state index in [-0.39, 0.29) is 23.2 Å². The number of oxazole rings is 1. The van der Waals surface area contributed by atoms with Crippen molar-refractivity contribution < 1.29 is 22.7 Å². The Morgan fingerprint density at radius 2 is 2.29 bits per heavy atom. The van der Waals surface area contributed by atoms with Crippen molar-refractivity contribution in [2.24, 2.45) is 0 Å². The van der Waals surface area contributed by atoms with Gasteiger partial charge in [0.15, 0.2) is 9.84 Å². The van der Waals surface area contributed by atoms with Crippen molar-refractivity contribution in [2.45, 2.75) is 12.7 Å². The highest BCUT2D eigenvalue weighted by molar-refractivity contribution is 7.90. The topological polar surface area (TPSA) is 97.5 Å². The van der Waals surface area contributed by atoms with Crippen LogP contribution < -0.4 is 0 Å². The lowest BCUT2D eigenvalue weighted by Gasteiger charge is -1.94. The third-order valence-electron chi connectivity index (χ3n) is 1.55. The first-order valence-corrected chi connectivity index (χ1v) is 5.65. The lowest BCUT2D eigenvalue weighted by Crippen LogP contribution is -2.06. The third-order valence-corrected chi connectivity index (χ3v) is 3.11. The van der Waals surface area contributed by atoms with E-state index >= 15 is 0 Å². The van der Waals surface area contributed by atoms with Crippen LogP contribution in [0, 0.1) is 0 Å². The van der Waals surface area contributed by atoms with E-state index in [1.54, 1.807) is 0 Å². The predicted molar refractivity (Wildman–Crippen MR) is 46.6 cm³/mol. The Kier molecular flexibility index (Phi) is 2.90. The minimum Gasteiger partial charge on any atom is -0.475 e. The van der Waals surface area contributed by atoms with Crippen LogP contribution in [0.4, 0.5) is 0 Å². The summed E-state index contributed by atoms with van der Waals surface area (Å²) in [5.74, 6) is -2.11. The minimum atomic E-state index is -3.23. The molecule has 1 aromatic rings. The first-order chi connectivity index (χ1) is 6.44. The summed E-state index contributed by atoms with van der Waals surface area (Å²) in [6, 6.07) is 0. The fraction of sp³-hybridized carbons (Fsp3) is 0.429. The monoisotopic (exact) mass is 219 g/mol. The van der Waals surface area contributed by atoms with Crippen LogP contribution in [-0.4, -0.2) is 30.2 Å².